The highest BCUT2D eigenvalue weighted by atomic mass is 32.2. The van der Waals surface area contributed by atoms with Gasteiger partial charge in [-0.05, 0) is 18.6 Å². The molecule has 0 spiro atoms. The second kappa shape index (κ2) is 6.72. The summed E-state index contributed by atoms with van der Waals surface area (Å²) in [5.41, 5.74) is 6.24. The van der Waals surface area contributed by atoms with Gasteiger partial charge in [0.15, 0.2) is 9.84 Å². The predicted molar refractivity (Wildman–Crippen MR) is 72.5 cm³/mol. The fraction of sp³-hybridized carbons (Fsp3) is 0.500. The van der Waals surface area contributed by atoms with Gasteiger partial charge in [0.05, 0.1) is 10.6 Å². The molecule has 0 amide bonds. The van der Waals surface area contributed by atoms with Crippen LogP contribution in [0.4, 0.5) is 5.69 Å². The van der Waals surface area contributed by atoms with Crippen LogP contribution in [0.1, 0.15) is 6.42 Å². The number of methoxy groups -OCH3 is 1. The van der Waals surface area contributed by atoms with Crippen molar-refractivity contribution in [3.05, 3.63) is 24.3 Å². The highest BCUT2D eigenvalue weighted by Gasteiger charge is 2.15. The van der Waals surface area contributed by atoms with Crippen molar-refractivity contribution in [1.82, 2.24) is 0 Å². The molecule has 6 heteroatoms. The molecule has 0 aliphatic rings. The number of hydrogen-bond donors (Lipinski definition) is 2. The topological polar surface area (TPSA) is 81.4 Å². The van der Waals surface area contributed by atoms with Gasteiger partial charge in [0, 0.05) is 32.6 Å². The van der Waals surface area contributed by atoms with Gasteiger partial charge < -0.3 is 15.8 Å². The Morgan fingerprint density at radius 2 is 2.06 bits per heavy atom. The fourth-order valence-corrected chi connectivity index (χ4v) is 2.49. The second-order valence-corrected chi connectivity index (χ2v) is 6.11. The van der Waals surface area contributed by atoms with E-state index in [1.165, 1.54) is 6.26 Å². The predicted octanol–water partition coefficient (Wildman–Crippen LogP) is 0.866. The van der Waals surface area contributed by atoms with Crippen LogP contribution >= 0.6 is 0 Å². The molecule has 0 aliphatic carbocycles. The first-order chi connectivity index (χ1) is 8.49. The molecule has 0 aromatic heterocycles. The number of nitrogens with one attached hydrogen (secondary N) is 1. The van der Waals surface area contributed by atoms with Crippen LogP contribution in [0.3, 0.4) is 0 Å². The molecular weight excluding hydrogens is 252 g/mol. The van der Waals surface area contributed by atoms with Gasteiger partial charge in [0.1, 0.15) is 0 Å². The van der Waals surface area contributed by atoms with Gasteiger partial charge in [-0.15, -0.1) is 0 Å². The lowest BCUT2D eigenvalue weighted by Crippen LogP contribution is -2.30. The van der Waals surface area contributed by atoms with E-state index in [9.17, 15) is 8.42 Å². The molecule has 102 valence electrons. The summed E-state index contributed by atoms with van der Waals surface area (Å²) in [6.07, 6.45) is 1.92. The zero-order valence-corrected chi connectivity index (χ0v) is 11.5. The van der Waals surface area contributed by atoms with Crippen LogP contribution in [0, 0.1) is 0 Å². The highest BCUT2D eigenvalue weighted by Crippen LogP contribution is 2.21. The number of benzene rings is 1. The number of anilines is 1. The lowest BCUT2D eigenvalue weighted by molar-refractivity contribution is 0.190. The van der Waals surface area contributed by atoms with Gasteiger partial charge in [-0.25, -0.2) is 8.42 Å². The third-order valence-corrected chi connectivity index (χ3v) is 3.76. The van der Waals surface area contributed by atoms with Gasteiger partial charge in [-0.2, -0.15) is 0 Å². The fourth-order valence-electron chi connectivity index (χ4n) is 1.64. The zero-order chi connectivity index (χ0) is 13.6. The quantitative estimate of drug-likeness (QED) is 0.769. The molecule has 1 atom stereocenters. The van der Waals surface area contributed by atoms with Gasteiger partial charge in [-0.3, -0.25) is 0 Å². The molecule has 1 aromatic rings. The maximum atomic E-state index is 11.6. The molecule has 1 unspecified atom stereocenters. The maximum Gasteiger partial charge on any atom is 0.177 e. The van der Waals surface area contributed by atoms with Gasteiger partial charge in [-0.1, -0.05) is 12.1 Å². The minimum Gasteiger partial charge on any atom is -0.385 e. The van der Waals surface area contributed by atoms with Crippen LogP contribution in [-0.2, 0) is 14.6 Å². The number of sulfone groups is 1. The van der Waals surface area contributed by atoms with Crippen molar-refractivity contribution >= 4 is 15.5 Å². The molecule has 3 N–H and O–H groups in total. The number of para-hydroxylation sites is 1. The van der Waals surface area contributed by atoms with Crippen LogP contribution in [0.15, 0.2) is 29.2 Å². The molecule has 5 nitrogen and oxygen atoms in total. The molecule has 0 saturated carbocycles. The van der Waals surface area contributed by atoms with E-state index in [1.54, 1.807) is 31.4 Å². The van der Waals surface area contributed by atoms with Crippen molar-refractivity contribution in [2.24, 2.45) is 5.73 Å². The molecule has 0 radical (unpaired) electrons. The van der Waals surface area contributed by atoms with Gasteiger partial charge in [0.2, 0.25) is 0 Å². The van der Waals surface area contributed by atoms with E-state index < -0.39 is 9.84 Å². The zero-order valence-electron chi connectivity index (χ0n) is 10.7. The average Bonchev–Trinajstić information content (AvgIpc) is 2.33. The summed E-state index contributed by atoms with van der Waals surface area (Å²) in [5.74, 6) is 0. The van der Waals surface area contributed by atoms with E-state index in [4.69, 9.17) is 10.5 Å². The number of nitrogens with two attached hydrogens (primary N) is 1. The van der Waals surface area contributed by atoms with Gasteiger partial charge >= 0.3 is 0 Å². The monoisotopic (exact) mass is 272 g/mol. The first-order valence-corrected chi connectivity index (χ1v) is 7.62. The molecule has 0 bridgehead atoms. The highest BCUT2D eigenvalue weighted by molar-refractivity contribution is 7.90. The summed E-state index contributed by atoms with van der Waals surface area (Å²) < 4.78 is 28.3. The largest absolute Gasteiger partial charge is 0.385 e. The van der Waals surface area contributed by atoms with Crippen molar-refractivity contribution in [3.63, 3.8) is 0 Å². The number of hydrogen-bond acceptors (Lipinski definition) is 5. The smallest absolute Gasteiger partial charge is 0.177 e. The Kier molecular flexibility index (Phi) is 5.58. The Morgan fingerprint density at radius 1 is 1.39 bits per heavy atom. The SMILES string of the molecule is COCCC(CN)Nc1ccccc1S(C)(=O)=O. The van der Waals surface area contributed by atoms with Crippen molar-refractivity contribution < 1.29 is 13.2 Å². The standard InChI is InChI=1S/C12H20N2O3S/c1-17-8-7-10(9-13)14-11-5-3-4-6-12(11)18(2,15)16/h3-6,10,14H,7-9,13H2,1-2H3. The summed E-state index contributed by atoms with van der Waals surface area (Å²) in [5, 5.41) is 3.15. The minimum atomic E-state index is -3.24. The van der Waals surface area contributed by atoms with E-state index >= 15 is 0 Å². The Bertz CT molecular complexity index is 474. The molecule has 0 fully saturated rings. The molecule has 1 aromatic carbocycles. The number of ether oxygens (including phenoxy) is 1. The van der Waals surface area contributed by atoms with E-state index in [0.29, 0.717) is 23.7 Å². The Morgan fingerprint density at radius 3 is 2.61 bits per heavy atom. The second-order valence-electron chi connectivity index (χ2n) is 4.13. The minimum absolute atomic E-state index is 0.00662. The molecule has 0 saturated heterocycles. The van der Waals surface area contributed by atoms with Crippen LogP contribution in [0.2, 0.25) is 0 Å². The Hall–Kier alpha value is -1.11. The van der Waals surface area contributed by atoms with Crippen molar-refractivity contribution in [2.75, 3.05) is 31.8 Å². The first-order valence-electron chi connectivity index (χ1n) is 5.73. The third kappa shape index (κ3) is 4.29. The third-order valence-electron chi connectivity index (χ3n) is 2.60. The van der Waals surface area contributed by atoms with Crippen molar-refractivity contribution in [2.45, 2.75) is 17.4 Å². The molecule has 0 heterocycles. The van der Waals surface area contributed by atoms with Crippen LogP contribution in [0.25, 0.3) is 0 Å². The summed E-state index contributed by atoms with van der Waals surface area (Å²) >= 11 is 0. The number of rotatable bonds is 7. The lowest BCUT2D eigenvalue weighted by atomic mass is 10.2. The van der Waals surface area contributed by atoms with Crippen molar-refractivity contribution in [1.29, 1.82) is 0 Å². The first kappa shape index (κ1) is 14.9. The molecule has 0 aliphatic heterocycles. The maximum absolute atomic E-state index is 11.6. The summed E-state index contributed by atoms with van der Waals surface area (Å²) in [6.45, 7) is 0.997. The Balaban J connectivity index is 2.89. The van der Waals surface area contributed by atoms with E-state index in [0.717, 1.165) is 6.42 Å². The van der Waals surface area contributed by atoms with Crippen LogP contribution in [-0.4, -0.2) is 41.0 Å². The summed E-state index contributed by atoms with van der Waals surface area (Å²) in [7, 11) is -1.62. The van der Waals surface area contributed by atoms with E-state index in [-0.39, 0.29) is 6.04 Å². The lowest BCUT2D eigenvalue weighted by Gasteiger charge is -2.19. The Labute approximate surface area is 108 Å². The van der Waals surface area contributed by atoms with E-state index in [2.05, 4.69) is 5.32 Å². The molecular formula is C12H20N2O3S. The van der Waals surface area contributed by atoms with Crippen LogP contribution in [0.5, 0.6) is 0 Å². The summed E-state index contributed by atoms with van der Waals surface area (Å²) in [6, 6.07) is 6.82. The van der Waals surface area contributed by atoms with E-state index in [1.807, 2.05) is 0 Å². The normalized spacial score (nSPS) is 13.3. The van der Waals surface area contributed by atoms with Crippen LogP contribution < -0.4 is 11.1 Å². The summed E-state index contributed by atoms with van der Waals surface area (Å²) in [4.78, 5) is 0.292. The molecule has 1 rings (SSSR count). The van der Waals surface area contributed by atoms with Gasteiger partial charge in [0.25, 0.3) is 0 Å². The average molecular weight is 272 g/mol. The van der Waals surface area contributed by atoms with Crippen molar-refractivity contribution in [3.8, 4) is 0 Å². The molecule has 18 heavy (non-hydrogen) atoms.